The van der Waals surface area contributed by atoms with Crippen LogP contribution in [0.15, 0.2) is 36.4 Å². The number of hydrogen-bond donors (Lipinski definition) is 1. The van der Waals surface area contributed by atoms with Crippen molar-refractivity contribution in [3.63, 3.8) is 0 Å². The lowest BCUT2D eigenvalue weighted by Gasteiger charge is -2.33. The molecule has 1 aliphatic heterocycles. The van der Waals surface area contributed by atoms with Crippen LogP contribution in [-0.2, 0) is 11.3 Å². The smallest absolute Gasteiger partial charge is 0.224 e. The van der Waals surface area contributed by atoms with E-state index in [9.17, 15) is 9.18 Å². The molecule has 0 aliphatic carbocycles. The van der Waals surface area contributed by atoms with E-state index in [-0.39, 0.29) is 11.6 Å². The molecule has 0 saturated carbocycles. The van der Waals surface area contributed by atoms with Gasteiger partial charge in [-0.2, -0.15) is 0 Å². The number of carbonyl (C=O) groups excluding carboxylic acids is 1. The Balaban J connectivity index is 1.51. The Morgan fingerprint density at radius 2 is 2.00 bits per heavy atom. The number of para-hydroxylation sites is 1. The Labute approximate surface area is 173 Å². The minimum Gasteiger partial charge on any atom is -0.496 e. The second-order valence-corrected chi connectivity index (χ2v) is 7.99. The van der Waals surface area contributed by atoms with Gasteiger partial charge < -0.3 is 10.1 Å². The molecule has 1 fully saturated rings. The predicted octanol–water partition coefficient (Wildman–Crippen LogP) is 5.08. The average Bonchev–Trinajstić information content (AvgIpc) is 2.72. The van der Waals surface area contributed by atoms with E-state index in [0.29, 0.717) is 12.3 Å². The molecule has 4 nitrogen and oxygen atoms in total. The van der Waals surface area contributed by atoms with Crippen molar-refractivity contribution in [2.24, 2.45) is 5.92 Å². The number of piperidine rings is 1. The molecular weight excluding hydrogens is 367 g/mol. The zero-order valence-corrected chi connectivity index (χ0v) is 17.6. The number of benzene rings is 2. The molecule has 0 bridgehead atoms. The van der Waals surface area contributed by atoms with E-state index in [1.807, 2.05) is 6.07 Å². The summed E-state index contributed by atoms with van der Waals surface area (Å²) in [6, 6.07) is 10.5. The highest BCUT2D eigenvalue weighted by molar-refractivity contribution is 5.90. The minimum atomic E-state index is -0.394. The lowest BCUT2D eigenvalue weighted by molar-refractivity contribution is -0.116. The van der Waals surface area contributed by atoms with Gasteiger partial charge in [0.2, 0.25) is 5.91 Å². The summed E-state index contributed by atoms with van der Waals surface area (Å²) in [6.45, 7) is 7.26. The number of amides is 1. The second kappa shape index (κ2) is 9.88. The van der Waals surface area contributed by atoms with E-state index in [1.165, 1.54) is 22.8 Å². The van der Waals surface area contributed by atoms with Crippen LogP contribution in [0, 0.1) is 25.6 Å². The van der Waals surface area contributed by atoms with Crippen LogP contribution in [0.5, 0.6) is 5.75 Å². The number of nitrogens with zero attached hydrogens (tertiary/aromatic N) is 1. The van der Waals surface area contributed by atoms with Crippen LogP contribution in [0.3, 0.4) is 0 Å². The lowest BCUT2D eigenvalue weighted by Crippen LogP contribution is -2.35. The molecule has 1 heterocycles. The molecule has 5 heteroatoms. The van der Waals surface area contributed by atoms with Crippen molar-refractivity contribution in [1.29, 1.82) is 0 Å². The Morgan fingerprint density at radius 1 is 1.21 bits per heavy atom. The number of carbonyl (C=O) groups is 1. The van der Waals surface area contributed by atoms with Crippen LogP contribution >= 0.6 is 0 Å². The molecule has 156 valence electrons. The molecule has 0 unspecified atom stereocenters. The van der Waals surface area contributed by atoms with E-state index in [2.05, 4.69) is 30.1 Å². The summed E-state index contributed by atoms with van der Waals surface area (Å²) in [6.07, 6.45) is 3.54. The zero-order chi connectivity index (χ0) is 20.8. The van der Waals surface area contributed by atoms with Crippen LogP contribution < -0.4 is 10.1 Å². The number of hydrogen-bond acceptors (Lipinski definition) is 3. The maximum absolute atomic E-state index is 13.7. The highest BCUT2D eigenvalue weighted by atomic mass is 19.1. The third kappa shape index (κ3) is 5.57. The van der Waals surface area contributed by atoms with Gasteiger partial charge in [0.25, 0.3) is 0 Å². The summed E-state index contributed by atoms with van der Waals surface area (Å²) in [5.41, 5.74) is 4.08. The van der Waals surface area contributed by atoms with Crippen molar-refractivity contribution in [3.8, 4) is 5.75 Å². The second-order valence-electron chi connectivity index (χ2n) is 7.99. The predicted molar refractivity (Wildman–Crippen MR) is 115 cm³/mol. The molecule has 0 spiro atoms. The van der Waals surface area contributed by atoms with Gasteiger partial charge in [0, 0.05) is 19.5 Å². The number of halogens is 1. The molecular formula is C24H31FN2O2. The third-order valence-corrected chi connectivity index (χ3v) is 5.99. The van der Waals surface area contributed by atoms with Crippen molar-refractivity contribution in [1.82, 2.24) is 4.90 Å². The van der Waals surface area contributed by atoms with Crippen LogP contribution in [0.1, 0.15) is 42.4 Å². The van der Waals surface area contributed by atoms with Crippen molar-refractivity contribution in [3.05, 3.63) is 58.9 Å². The number of nitrogens with one attached hydrogen (secondary N) is 1. The van der Waals surface area contributed by atoms with E-state index in [1.54, 1.807) is 25.3 Å². The SMILES string of the molecule is COc1ccc(CN2CCC[C@@H](CCC(=O)Nc3ccccc3F)C2)c(C)c1C. The van der Waals surface area contributed by atoms with Gasteiger partial charge in [0.15, 0.2) is 0 Å². The molecule has 0 radical (unpaired) electrons. The standard InChI is InChI=1S/C24H31FN2O2/c1-17-18(2)23(29-3)12-11-20(17)16-27-14-6-7-19(15-27)10-13-24(28)26-22-9-5-4-8-21(22)25/h4-5,8-9,11-12,19H,6-7,10,13-16H2,1-3H3,(H,26,28)/t19-/m0/s1. The fraction of sp³-hybridized carbons (Fsp3) is 0.458. The van der Waals surface area contributed by atoms with E-state index < -0.39 is 5.82 Å². The number of methoxy groups -OCH3 is 1. The molecule has 1 atom stereocenters. The molecule has 1 amide bonds. The highest BCUT2D eigenvalue weighted by Gasteiger charge is 2.22. The summed E-state index contributed by atoms with van der Waals surface area (Å²) < 4.78 is 19.1. The summed E-state index contributed by atoms with van der Waals surface area (Å²) in [4.78, 5) is 14.7. The van der Waals surface area contributed by atoms with Crippen molar-refractivity contribution < 1.29 is 13.9 Å². The van der Waals surface area contributed by atoms with Gasteiger partial charge in [0.05, 0.1) is 12.8 Å². The van der Waals surface area contributed by atoms with Crippen LogP contribution in [0.2, 0.25) is 0 Å². The fourth-order valence-corrected chi connectivity index (χ4v) is 4.13. The molecule has 29 heavy (non-hydrogen) atoms. The molecule has 2 aromatic carbocycles. The van der Waals surface area contributed by atoms with E-state index in [4.69, 9.17) is 4.74 Å². The lowest BCUT2D eigenvalue weighted by atomic mass is 9.92. The van der Waals surface area contributed by atoms with Gasteiger partial charge in [-0.15, -0.1) is 0 Å². The quantitative estimate of drug-likeness (QED) is 0.707. The highest BCUT2D eigenvalue weighted by Crippen LogP contribution is 2.27. The van der Waals surface area contributed by atoms with Crippen molar-refractivity contribution in [2.75, 3.05) is 25.5 Å². The number of anilines is 1. The maximum Gasteiger partial charge on any atom is 0.224 e. The molecule has 1 saturated heterocycles. The van der Waals surface area contributed by atoms with Gasteiger partial charge in [-0.1, -0.05) is 18.2 Å². The average molecular weight is 399 g/mol. The van der Waals surface area contributed by atoms with E-state index >= 15 is 0 Å². The summed E-state index contributed by atoms with van der Waals surface area (Å²) in [5.74, 6) is 0.919. The third-order valence-electron chi connectivity index (χ3n) is 5.99. The fourth-order valence-electron chi connectivity index (χ4n) is 4.13. The molecule has 1 aliphatic rings. The minimum absolute atomic E-state index is 0.117. The molecule has 3 rings (SSSR count). The summed E-state index contributed by atoms with van der Waals surface area (Å²) >= 11 is 0. The van der Waals surface area contributed by atoms with Gasteiger partial charge in [-0.05, 0) is 80.5 Å². The Kier molecular flexibility index (Phi) is 7.26. The topological polar surface area (TPSA) is 41.6 Å². The summed E-state index contributed by atoms with van der Waals surface area (Å²) in [5, 5.41) is 2.69. The molecule has 2 aromatic rings. The van der Waals surface area contributed by atoms with Crippen molar-refractivity contribution >= 4 is 11.6 Å². The monoisotopic (exact) mass is 398 g/mol. The Morgan fingerprint density at radius 3 is 2.76 bits per heavy atom. The Hall–Kier alpha value is -2.40. The summed E-state index contributed by atoms with van der Waals surface area (Å²) in [7, 11) is 1.71. The van der Waals surface area contributed by atoms with Crippen LogP contribution in [0.25, 0.3) is 0 Å². The number of rotatable bonds is 7. The number of likely N-dealkylation sites (tertiary alicyclic amines) is 1. The largest absolute Gasteiger partial charge is 0.496 e. The molecule has 0 aromatic heterocycles. The Bertz CT molecular complexity index is 853. The first kappa shape index (κ1) is 21.3. The number of ether oxygens (including phenoxy) is 1. The maximum atomic E-state index is 13.7. The van der Waals surface area contributed by atoms with Crippen LogP contribution in [-0.4, -0.2) is 31.0 Å². The van der Waals surface area contributed by atoms with Gasteiger partial charge in [0.1, 0.15) is 11.6 Å². The van der Waals surface area contributed by atoms with Crippen LogP contribution in [0.4, 0.5) is 10.1 Å². The van der Waals surface area contributed by atoms with Gasteiger partial charge in [-0.25, -0.2) is 4.39 Å². The zero-order valence-electron chi connectivity index (χ0n) is 17.6. The van der Waals surface area contributed by atoms with Crippen molar-refractivity contribution in [2.45, 2.75) is 46.1 Å². The van der Waals surface area contributed by atoms with Gasteiger partial charge >= 0.3 is 0 Å². The first-order chi connectivity index (χ1) is 14.0. The normalized spacial score (nSPS) is 17.2. The van der Waals surface area contributed by atoms with Gasteiger partial charge in [-0.3, -0.25) is 9.69 Å². The van der Waals surface area contributed by atoms with E-state index in [0.717, 1.165) is 44.6 Å². The molecule has 1 N–H and O–H groups in total. The first-order valence-electron chi connectivity index (χ1n) is 10.4. The first-order valence-corrected chi connectivity index (χ1v) is 10.4.